The summed E-state index contributed by atoms with van der Waals surface area (Å²) in [6, 6.07) is 10.1. The molecule has 4 nitrogen and oxygen atoms in total. The molecule has 0 aliphatic heterocycles. The van der Waals surface area contributed by atoms with Gasteiger partial charge in [0, 0.05) is 12.4 Å². The summed E-state index contributed by atoms with van der Waals surface area (Å²) in [5, 5.41) is 0. The number of nitrogens with zero attached hydrogens (tertiary/aromatic N) is 2. The molecule has 1 atom stereocenters. The molecule has 0 amide bonds. The second-order valence-corrected chi connectivity index (χ2v) is 3.51. The van der Waals surface area contributed by atoms with Crippen molar-refractivity contribution in [3.63, 3.8) is 0 Å². The van der Waals surface area contributed by atoms with Crippen LogP contribution in [0.4, 0.5) is 0 Å². The van der Waals surface area contributed by atoms with Crippen LogP contribution >= 0.6 is 0 Å². The molecule has 0 aliphatic rings. The second-order valence-electron chi connectivity index (χ2n) is 3.51. The second kappa shape index (κ2) is 4.81. The van der Waals surface area contributed by atoms with E-state index in [1.807, 2.05) is 48.0 Å². The zero-order chi connectivity index (χ0) is 11.4. The number of imidazole rings is 1. The van der Waals surface area contributed by atoms with Crippen LogP contribution in [0.2, 0.25) is 0 Å². The number of hydrogen-bond donors (Lipinski definition) is 1. The molecule has 84 valence electrons. The monoisotopic (exact) mass is 217 g/mol. The van der Waals surface area contributed by atoms with Gasteiger partial charge in [-0.15, -0.1) is 0 Å². The molecular formula is C12H15N3O. The maximum atomic E-state index is 5.94. The van der Waals surface area contributed by atoms with Gasteiger partial charge in [-0.3, -0.25) is 4.57 Å². The Morgan fingerprint density at radius 1 is 1.38 bits per heavy atom. The van der Waals surface area contributed by atoms with Crippen molar-refractivity contribution in [2.24, 2.45) is 5.73 Å². The standard InChI is InChI=1S/C12H15N3O/c1-2-11(13)15-9-8-14-12(15)16-10-6-4-3-5-7-10/h3-9,11H,2,13H2,1H3. The van der Waals surface area contributed by atoms with Crippen molar-refractivity contribution in [3.05, 3.63) is 42.7 Å². The van der Waals surface area contributed by atoms with Crippen LogP contribution in [-0.4, -0.2) is 9.55 Å². The summed E-state index contributed by atoms with van der Waals surface area (Å²) in [4.78, 5) is 4.14. The molecule has 4 heteroatoms. The van der Waals surface area contributed by atoms with E-state index >= 15 is 0 Å². The number of hydrogen-bond acceptors (Lipinski definition) is 3. The molecule has 0 radical (unpaired) electrons. The van der Waals surface area contributed by atoms with E-state index < -0.39 is 0 Å². The molecule has 0 saturated heterocycles. The minimum Gasteiger partial charge on any atom is -0.425 e. The van der Waals surface area contributed by atoms with Crippen LogP contribution in [0.3, 0.4) is 0 Å². The van der Waals surface area contributed by atoms with Gasteiger partial charge >= 0.3 is 6.01 Å². The van der Waals surface area contributed by atoms with E-state index in [4.69, 9.17) is 10.5 Å². The van der Waals surface area contributed by atoms with Crippen LogP contribution in [0.15, 0.2) is 42.7 Å². The highest BCUT2D eigenvalue weighted by molar-refractivity contribution is 5.24. The smallest absolute Gasteiger partial charge is 0.303 e. The summed E-state index contributed by atoms with van der Waals surface area (Å²) >= 11 is 0. The fourth-order valence-corrected chi connectivity index (χ4v) is 1.42. The van der Waals surface area contributed by atoms with E-state index in [9.17, 15) is 0 Å². The minimum absolute atomic E-state index is 0.0961. The Morgan fingerprint density at radius 2 is 2.12 bits per heavy atom. The Hall–Kier alpha value is -1.81. The van der Waals surface area contributed by atoms with Crippen molar-refractivity contribution in [3.8, 4) is 11.8 Å². The Morgan fingerprint density at radius 3 is 2.81 bits per heavy atom. The minimum atomic E-state index is -0.0961. The number of aromatic nitrogens is 2. The average molecular weight is 217 g/mol. The topological polar surface area (TPSA) is 53.1 Å². The van der Waals surface area contributed by atoms with Crippen LogP contribution in [0.25, 0.3) is 0 Å². The lowest BCUT2D eigenvalue weighted by molar-refractivity contribution is 0.376. The van der Waals surface area contributed by atoms with Crippen molar-refractivity contribution in [1.29, 1.82) is 0 Å². The Kier molecular flexibility index (Phi) is 3.22. The third-order valence-corrected chi connectivity index (χ3v) is 2.36. The van der Waals surface area contributed by atoms with Crippen LogP contribution < -0.4 is 10.5 Å². The zero-order valence-electron chi connectivity index (χ0n) is 9.21. The van der Waals surface area contributed by atoms with Gasteiger partial charge in [-0.25, -0.2) is 4.98 Å². The number of para-hydroxylation sites is 1. The van der Waals surface area contributed by atoms with Crippen LogP contribution in [0.1, 0.15) is 19.5 Å². The van der Waals surface area contributed by atoms with E-state index in [2.05, 4.69) is 4.98 Å². The van der Waals surface area contributed by atoms with Crippen LogP contribution in [0.5, 0.6) is 11.8 Å². The van der Waals surface area contributed by atoms with Crippen LogP contribution in [0, 0.1) is 0 Å². The summed E-state index contributed by atoms with van der Waals surface area (Å²) < 4.78 is 7.47. The van der Waals surface area contributed by atoms with E-state index in [-0.39, 0.29) is 6.17 Å². The van der Waals surface area contributed by atoms with Gasteiger partial charge in [0.1, 0.15) is 5.75 Å². The lowest BCUT2D eigenvalue weighted by atomic mass is 10.3. The molecule has 1 aromatic carbocycles. The van der Waals surface area contributed by atoms with E-state index in [1.54, 1.807) is 6.20 Å². The van der Waals surface area contributed by atoms with Crippen molar-refractivity contribution < 1.29 is 4.74 Å². The van der Waals surface area contributed by atoms with Crippen molar-refractivity contribution in [1.82, 2.24) is 9.55 Å². The van der Waals surface area contributed by atoms with Gasteiger partial charge in [0.05, 0.1) is 6.17 Å². The fraction of sp³-hybridized carbons (Fsp3) is 0.250. The Balaban J connectivity index is 2.19. The predicted octanol–water partition coefficient (Wildman–Crippen LogP) is 2.54. The lowest BCUT2D eigenvalue weighted by Gasteiger charge is -2.13. The molecule has 0 aliphatic carbocycles. The molecule has 2 rings (SSSR count). The SMILES string of the molecule is CCC(N)n1ccnc1Oc1ccccc1. The Bertz CT molecular complexity index is 439. The van der Waals surface area contributed by atoms with Crippen molar-refractivity contribution >= 4 is 0 Å². The summed E-state index contributed by atoms with van der Waals surface area (Å²) in [5.41, 5.74) is 5.94. The number of ether oxygens (including phenoxy) is 1. The highest BCUT2D eigenvalue weighted by atomic mass is 16.5. The molecule has 0 spiro atoms. The summed E-state index contributed by atoms with van der Waals surface area (Å²) in [7, 11) is 0. The highest BCUT2D eigenvalue weighted by Crippen LogP contribution is 2.21. The first-order chi connectivity index (χ1) is 7.81. The van der Waals surface area contributed by atoms with Gasteiger partial charge in [0.25, 0.3) is 0 Å². The predicted molar refractivity (Wildman–Crippen MR) is 62.3 cm³/mol. The molecule has 1 heterocycles. The Labute approximate surface area is 94.7 Å². The van der Waals surface area contributed by atoms with Gasteiger partial charge in [-0.1, -0.05) is 25.1 Å². The maximum Gasteiger partial charge on any atom is 0.303 e. The molecule has 1 unspecified atom stereocenters. The molecule has 0 bridgehead atoms. The fourth-order valence-electron chi connectivity index (χ4n) is 1.42. The molecule has 0 fully saturated rings. The molecule has 2 aromatic rings. The molecule has 1 aromatic heterocycles. The van der Waals surface area contributed by atoms with E-state index in [0.29, 0.717) is 6.01 Å². The molecule has 16 heavy (non-hydrogen) atoms. The average Bonchev–Trinajstić information content (AvgIpc) is 2.77. The van der Waals surface area contributed by atoms with E-state index in [0.717, 1.165) is 12.2 Å². The third kappa shape index (κ3) is 2.23. The first-order valence-electron chi connectivity index (χ1n) is 5.32. The van der Waals surface area contributed by atoms with Gasteiger partial charge in [0.15, 0.2) is 0 Å². The molecular weight excluding hydrogens is 202 g/mol. The first-order valence-corrected chi connectivity index (χ1v) is 5.32. The first kappa shape index (κ1) is 10.7. The number of nitrogens with two attached hydrogens (primary N) is 1. The van der Waals surface area contributed by atoms with E-state index in [1.165, 1.54) is 0 Å². The number of benzene rings is 1. The summed E-state index contributed by atoms with van der Waals surface area (Å²) in [5.74, 6) is 0.762. The highest BCUT2D eigenvalue weighted by Gasteiger charge is 2.09. The lowest BCUT2D eigenvalue weighted by Crippen LogP contribution is -2.17. The van der Waals surface area contributed by atoms with Gasteiger partial charge < -0.3 is 10.5 Å². The van der Waals surface area contributed by atoms with Crippen LogP contribution in [-0.2, 0) is 0 Å². The van der Waals surface area contributed by atoms with Crippen molar-refractivity contribution in [2.45, 2.75) is 19.5 Å². The van der Waals surface area contributed by atoms with Gasteiger partial charge in [0.2, 0.25) is 0 Å². The van der Waals surface area contributed by atoms with Crippen molar-refractivity contribution in [2.75, 3.05) is 0 Å². The quantitative estimate of drug-likeness (QED) is 0.856. The van der Waals surface area contributed by atoms with Gasteiger partial charge in [-0.05, 0) is 18.6 Å². The summed E-state index contributed by atoms with van der Waals surface area (Å²) in [6.07, 6.45) is 4.25. The number of rotatable bonds is 4. The largest absolute Gasteiger partial charge is 0.425 e. The zero-order valence-corrected chi connectivity index (χ0v) is 9.21. The summed E-state index contributed by atoms with van der Waals surface area (Å²) in [6.45, 7) is 2.02. The van der Waals surface area contributed by atoms with Gasteiger partial charge in [-0.2, -0.15) is 0 Å². The normalized spacial score (nSPS) is 12.4. The molecule has 0 saturated carbocycles. The third-order valence-electron chi connectivity index (χ3n) is 2.36. The molecule has 2 N–H and O–H groups in total. The maximum absolute atomic E-state index is 5.94.